The van der Waals surface area contributed by atoms with Gasteiger partial charge in [0.2, 0.25) is 5.95 Å². The van der Waals surface area contributed by atoms with Gasteiger partial charge in [-0.25, -0.2) is 5.10 Å². The van der Waals surface area contributed by atoms with E-state index in [-0.39, 0.29) is 18.5 Å². The molecule has 0 aliphatic rings. The lowest BCUT2D eigenvalue weighted by Crippen LogP contribution is -2.21. The van der Waals surface area contributed by atoms with Crippen LogP contribution in [0.2, 0.25) is 0 Å². The molecule has 0 saturated carbocycles. The van der Waals surface area contributed by atoms with E-state index >= 15 is 0 Å². The molecule has 0 aliphatic carbocycles. The van der Waals surface area contributed by atoms with Gasteiger partial charge in [-0.15, -0.1) is 0 Å². The van der Waals surface area contributed by atoms with Gasteiger partial charge < -0.3 is 9.47 Å². The number of rotatable bonds is 6. The highest BCUT2D eigenvalue weighted by Gasteiger charge is 2.08. The highest BCUT2D eigenvalue weighted by atomic mass is 16.5. The molecule has 0 bridgehead atoms. The number of benzene rings is 1. The molecule has 2 N–H and O–H groups in total. The third kappa shape index (κ3) is 3.70. The number of hydrogen-bond acceptors (Lipinski definition) is 5. The van der Waals surface area contributed by atoms with E-state index in [9.17, 15) is 4.79 Å². The molecule has 7 heteroatoms. The van der Waals surface area contributed by atoms with Gasteiger partial charge in [0.05, 0.1) is 6.61 Å². The smallest absolute Gasteiger partial charge is 0.264 e. The fourth-order valence-electron chi connectivity index (χ4n) is 1.42. The minimum atomic E-state index is -0.331. The van der Waals surface area contributed by atoms with Crippen molar-refractivity contribution in [2.45, 2.75) is 6.92 Å². The van der Waals surface area contributed by atoms with Crippen LogP contribution in [-0.2, 0) is 4.79 Å². The Bertz CT molecular complexity index is 528. The largest absolute Gasteiger partial charge is 0.490 e. The number of carbonyl (C=O) groups excluding carboxylic acids is 1. The number of amides is 1. The molecule has 1 amide bonds. The zero-order valence-corrected chi connectivity index (χ0v) is 10.4. The summed E-state index contributed by atoms with van der Waals surface area (Å²) in [6.45, 7) is 2.28. The second-order valence-corrected chi connectivity index (χ2v) is 3.55. The van der Waals surface area contributed by atoms with Crippen molar-refractivity contribution in [3.05, 3.63) is 30.6 Å². The summed E-state index contributed by atoms with van der Waals surface area (Å²) in [7, 11) is 0. The van der Waals surface area contributed by atoms with Crippen LogP contribution in [-0.4, -0.2) is 34.3 Å². The second kappa shape index (κ2) is 6.39. The van der Waals surface area contributed by atoms with Gasteiger partial charge in [-0.05, 0) is 19.1 Å². The number of hydrogen-bond donors (Lipinski definition) is 2. The number of ether oxygens (including phenoxy) is 2. The average molecular weight is 262 g/mol. The maximum absolute atomic E-state index is 11.6. The molecule has 0 atom stereocenters. The molecule has 2 rings (SSSR count). The highest BCUT2D eigenvalue weighted by molar-refractivity contribution is 5.90. The number of H-pyrrole nitrogens is 1. The van der Waals surface area contributed by atoms with Gasteiger partial charge in [0.15, 0.2) is 18.1 Å². The molecule has 0 saturated heterocycles. The first-order chi connectivity index (χ1) is 9.29. The van der Waals surface area contributed by atoms with Crippen LogP contribution in [0.1, 0.15) is 6.92 Å². The van der Waals surface area contributed by atoms with E-state index in [4.69, 9.17) is 9.47 Å². The number of para-hydroxylation sites is 2. The molecule has 1 heterocycles. The van der Waals surface area contributed by atoms with Gasteiger partial charge in [-0.3, -0.25) is 10.1 Å². The van der Waals surface area contributed by atoms with Crippen LogP contribution in [0.25, 0.3) is 0 Å². The van der Waals surface area contributed by atoms with Gasteiger partial charge in [0.1, 0.15) is 6.33 Å². The molecule has 0 unspecified atom stereocenters. The number of aromatic amines is 1. The van der Waals surface area contributed by atoms with E-state index in [0.717, 1.165) is 0 Å². The van der Waals surface area contributed by atoms with Crippen LogP contribution < -0.4 is 14.8 Å². The number of aromatic nitrogens is 3. The van der Waals surface area contributed by atoms with E-state index in [1.807, 2.05) is 19.1 Å². The molecule has 2 aromatic rings. The normalized spacial score (nSPS) is 9.95. The summed E-state index contributed by atoms with van der Waals surface area (Å²) in [6, 6.07) is 7.18. The van der Waals surface area contributed by atoms with Crippen molar-refractivity contribution in [2.75, 3.05) is 18.5 Å². The molecule has 0 radical (unpaired) electrons. The summed E-state index contributed by atoms with van der Waals surface area (Å²) in [4.78, 5) is 15.4. The van der Waals surface area contributed by atoms with Crippen LogP contribution in [0.5, 0.6) is 11.5 Å². The third-order valence-corrected chi connectivity index (χ3v) is 2.18. The summed E-state index contributed by atoms with van der Waals surface area (Å²) in [5, 5.41) is 8.65. The van der Waals surface area contributed by atoms with Gasteiger partial charge in [-0.2, -0.15) is 10.1 Å². The maximum Gasteiger partial charge on any atom is 0.264 e. The Labute approximate surface area is 110 Å². The molecule has 100 valence electrons. The minimum absolute atomic E-state index is 0.134. The lowest BCUT2D eigenvalue weighted by molar-refractivity contribution is -0.118. The summed E-state index contributed by atoms with van der Waals surface area (Å²) < 4.78 is 10.8. The minimum Gasteiger partial charge on any atom is -0.490 e. The van der Waals surface area contributed by atoms with Crippen LogP contribution in [0, 0.1) is 0 Å². The Morgan fingerprint density at radius 3 is 2.68 bits per heavy atom. The van der Waals surface area contributed by atoms with Crippen LogP contribution in [0.4, 0.5) is 5.95 Å². The van der Waals surface area contributed by atoms with Crippen molar-refractivity contribution < 1.29 is 14.3 Å². The monoisotopic (exact) mass is 262 g/mol. The summed E-state index contributed by atoms with van der Waals surface area (Å²) >= 11 is 0. The third-order valence-electron chi connectivity index (χ3n) is 2.18. The van der Waals surface area contributed by atoms with Crippen molar-refractivity contribution >= 4 is 11.9 Å². The van der Waals surface area contributed by atoms with Crippen LogP contribution in [0.3, 0.4) is 0 Å². The number of carbonyl (C=O) groups is 1. The van der Waals surface area contributed by atoms with E-state index in [2.05, 4.69) is 20.5 Å². The van der Waals surface area contributed by atoms with E-state index < -0.39 is 0 Å². The van der Waals surface area contributed by atoms with Gasteiger partial charge in [0.25, 0.3) is 5.91 Å². The zero-order chi connectivity index (χ0) is 13.5. The standard InChI is InChI=1S/C12H14N4O3/c1-2-18-9-5-3-4-6-10(9)19-7-11(17)15-12-13-8-14-16-12/h3-6,8H,2,7H2,1H3,(H2,13,14,15,16,17). The Balaban J connectivity index is 1.89. The SMILES string of the molecule is CCOc1ccccc1OCC(=O)Nc1ncn[nH]1. The number of nitrogens with zero attached hydrogens (tertiary/aromatic N) is 2. The molecule has 1 aromatic carbocycles. The molecule has 0 fully saturated rings. The highest BCUT2D eigenvalue weighted by Crippen LogP contribution is 2.26. The first kappa shape index (κ1) is 12.9. The summed E-state index contributed by atoms with van der Waals surface area (Å²) in [5.41, 5.74) is 0. The average Bonchev–Trinajstić information content (AvgIpc) is 2.91. The number of anilines is 1. The predicted molar refractivity (Wildman–Crippen MR) is 68.1 cm³/mol. The Morgan fingerprint density at radius 1 is 1.32 bits per heavy atom. The fourth-order valence-corrected chi connectivity index (χ4v) is 1.42. The first-order valence-electron chi connectivity index (χ1n) is 5.79. The van der Waals surface area contributed by atoms with Gasteiger partial charge >= 0.3 is 0 Å². The lowest BCUT2D eigenvalue weighted by Gasteiger charge is -2.10. The first-order valence-corrected chi connectivity index (χ1v) is 5.79. The van der Waals surface area contributed by atoms with E-state index in [0.29, 0.717) is 18.1 Å². The van der Waals surface area contributed by atoms with Gasteiger partial charge in [-0.1, -0.05) is 12.1 Å². The van der Waals surface area contributed by atoms with Crippen LogP contribution >= 0.6 is 0 Å². The van der Waals surface area contributed by atoms with E-state index in [1.165, 1.54) is 6.33 Å². The van der Waals surface area contributed by atoms with E-state index in [1.54, 1.807) is 12.1 Å². The quantitative estimate of drug-likeness (QED) is 0.817. The second-order valence-electron chi connectivity index (χ2n) is 3.55. The fraction of sp³-hybridized carbons (Fsp3) is 0.250. The molecule has 0 spiro atoms. The molecule has 7 nitrogen and oxygen atoms in total. The molecule has 1 aromatic heterocycles. The van der Waals surface area contributed by atoms with Gasteiger partial charge in [0, 0.05) is 0 Å². The number of nitrogens with one attached hydrogen (secondary N) is 2. The topological polar surface area (TPSA) is 89.1 Å². The van der Waals surface area contributed by atoms with Crippen molar-refractivity contribution in [3.8, 4) is 11.5 Å². The molecular formula is C12H14N4O3. The molecule has 0 aliphatic heterocycles. The predicted octanol–water partition coefficient (Wildman–Crippen LogP) is 1.22. The zero-order valence-electron chi connectivity index (χ0n) is 10.4. The van der Waals surface area contributed by atoms with Crippen molar-refractivity contribution in [3.63, 3.8) is 0 Å². The Kier molecular flexibility index (Phi) is 4.33. The molecule has 19 heavy (non-hydrogen) atoms. The Hall–Kier alpha value is -2.57. The molecular weight excluding hydrogens is 248 g/mol. The van der Waals surface area contributed by atoms with Crippen molar-refractivity contribution in [2.24, 2.45) is 0 Å². The lowest BCUT2D eigenvalue weighted by atomic mass is 10.3. The summed E-state index contributed by atoms with van der Waals surface area (Å²) in [5.74, 6) is 1.09. The van der Waals surface area contributed by atoms with Crippen molar-refractivity contribution in [1.82, 2.24) is 15.2 Å². The van der Waals surface area contributed by atoms with Crippen LogP contribution in [0.15, 0.2) is 30.6 Å². The maximum atomic E-state index is 11.6. The summed E-state index contributed by atoms with van der Waals surface area (Å²) in [6.07, 6.45) is 1.31. The van der Waals surface area contributed by atoms with Crippen molar-refractivity contribution in [1.29, 1.82) is 0 Å². The Morgan fingerprint density at radius 2 is 2.05 bits per heavy atom.